The van der Waals surface area contributed by atoms with Crippen LogP contribution in [0.3, 0.4) is 0 Å². The zero-order valence-corrected chi connectivity index (χ0v) is 9.04. The van der Waals surface area contributed by atoms with Crippen molar-refractivity contribution >= 4 is 23.2 Å². The normalized spacial score (nSPS) is 14.2. The first kappa shape index (κ1) is 11.8. The molecule has 1 atom stereocenters. The van der Waals surface area contributed by atoms with E-state index in [1.807, 2.05) is 0 Å². The van der Waals surface area contributed by atoms with Crippen LogP contribution in [0.1, 0.15) is 20.3 Å². The van der Waals surface area contributed by atoms with E-state index in [9.17, 15) is 0 Å². The van der Waals surface area contributed by atoms with Crippen LogP contribution in [-0.4, -0.2) is 0 Å². The Morgan fingerprint density at radius 3 is 2.25 bits per heavy atom. The minimum absolute atomic E-state index is 0.393. The summed E-state index contributed by atoms with van der Waals surface area (Å²) >= 11 is 11.5. The highest BCUT2D eigenvalue weighted by Crippen LogP contribution is 2.24. The van der Waals surface area contributed by atoms with Crippen LogP contribution in [0.25, 0.3) is 0 Å². The van der Waals surface area contributed by atoms with Gasteiger partial charge in [-0.15, -0.1) is 0 Å². The maximum absolute atomic E-state index is 5.92. The summed E-state index contributed by atoms with van der Waals surface area (Å²) in [4.78, 5) is 0. The van der Waals surface area contributed by atoms with Gasteiger partial charge in [-0.2, -0.15) is 0 Å². The van der Waals surface area contributed by atoms with E-state index < -0.39 is 0 Å². The molecule has 0 aromatic rings. The van der Waals surface area contributed by atoms with E-state index in [1.54, 1.807) is 6.08 Å². The summed E-state index contributed by atoms with van der Waals surface area (Å²) in [7, 11) is 0. The van der Waals surface area contributed by atoms with E-state index >= 15 is 0 Å². The summed E-state index contributed by atoms with van der Waals surface area (Å²) < 4.78 is 0. The second kappa shape index (κ2) is 5.45. The largest absolute Gasteiger partial charge is 0.0941 e. The molecule has 0 aliphatic carbocycles. The Bertz CT molecular complexity index is 214. The van der Waals surface area contributed by atoms with E-state index in [1.165, 1.54) is 0 Å². The molecule has 0 nitrogen and oxygen atoms in total. The SMILES string of the molecule is C=C(Cl)/C=C(/Cl)C(=C)C(C)CC. The number of rotatable bonds is 4. The third kappa shape index (κ3) is 3.99. The van der Waals surface area contributed by atoms with Crippen molar-refractivity contribution in [1.29, 1.82) is 0 Å². The third-order valence-corrected chi connectivity index (χ3v) is 2.26. The van der Waals surface area contributed by atoms with Gasteiger partial charge in [0, 0.05) is 10.1 Å². The van der Waals surface area contributed by atoms with Gasteiger partial charge in [0.25, 0.3) is 0 Å². The summed E-state index contributed by atoms with van der Waals surface area (Å²) in [5.41, 5.74) is 0.918. The zero-order valence-electron chi connectivity index (χ0n) is 7.53. The van der Waals surface area contributed by atoms with Crippen molar-refractivity contribution in [2.75, 3.05) is 0 Å². The fourth-order valence-corrected chi connectivity index (χ4v) is 1.19. The van der Waals surface area contributed by atoms with Crippen molar-refractivity contribution in [1.82, 2.24) is 0 Å². The topological polar surface area (TPSA) is 0 Å². The lowest BCUT2D eigenvalue weighted by atomic mass is 9.99. The van der Waals surface area contributed by atoms with Crippen molar-refractivity contribution in [2.24, 2.45) is 5.92 Å². The molecule has 0 spiro atoms. The van der Waals surface area contributed by atoms with Gasteiger partial charge in [-0.05, 0) is 24.0 Å². The van der Waals surface area contributed by atoms with Crippen LogP contribution < -0.4 is 0 Å². The maximum Gasteiger partial charge on any atom is 0.0449 e. The summed E-state index contributed by atoms with van der Waals surface area (Å²) in [6.07, 6.45) is 2.65. The molecule has 0 amide bonds. The zero-order chi connectivity index (χ0) is 9.72. The van der Waals surface area contributed by atoms with Gasteiger partial charge in [0.1, 0.15) is 0 Å². The minimum atomic E-state index is 0.393. The number of hydrogen-bond acceptors (Lipinski definition) is 0. The molecule has 12 heavy (non-hydrogen) atoms. The Morgan fingerprint density at radius 2 is 1.92 bits per heavy atom. The van der Waals surface area contributed by atoms with Gasteiger partial charge in [0.2, 0.25) is 0 Å². The fourth-order valence-electron chi connectivity index (χ4n) is 0.712. The molecule has 2 heteroatoms. The van der Waals surface area contributed by atoms with E-state index in [-0.39, 0.29) is 0 Å². The first-order chi connectivity index (χ1) is 5.49. The first-order valence-electron chi connectivity index (χ1n) is 3.89. The number of halogens is 2. The van der Waals surface area contributed by atoms with Crippen LogP contribution >= 0.6 is 23.2 Å². The number of allylic oxidation sites excluding steroid dienone is 4. The quantitative estimate of drug-likeness (QED) is 0.594. The lowest BCUT2D eigenvalue weighted by molar-refractivity contribution is 0.670. The second-order valence-corrected chi connectivity index (χ2v) is 3.67. The lowest BCUT2D eigenvalue weighted by Gasteiger charge is -2.10. The van der Waals surface area contributed by atoms with Gasteiger partial charge >= 0.3 is 0 Å². The maximum atomic E-state index is 5.92. The van der Waals surface area contributed by atoms with Crippen LogP contribution in [0.15, 0.2) is 34.9 Å². The van der Waals surface area contributed by atoms with Crippen LogP contribution in [0.2, 0.25) is 0 Å². The third-order valence-electron chi connectivity index (χ3n) is 1.80. The molecule has 0 saturated carbocycles. The van der Waals surface area contributed by atoms with Crippen molar-refractivity contribution in [2.45, 2.75) is 20.3 Å². The highest BCUT2D eigenvalue weighted by molar-refractivity contribution is 6.35. The lowest BCUT2D eigenvalue weighted by Crippen LogP contribution is -1.96. The summed E-state index contributed by atoms with van der Waals surface area (Å²) in [6, 6.07) is 0. The monoisotopic (exact) mass is 204 g/mol. The molecule has 0 rings (SSSR count). The molecule has 0 radical (unpaired) electrons. The molecule has 0 fully saturated rings. The Balaban J connectivity index is 4.39. The Hall–Kier alpha value is -0.200. The molecule has 0 N–H and O–H groups in total. The van der Waals surface area contributed by atoms with E-state index in [0.717, 1.165) is 12.0 Å². The van der Waals surface area contributed by atoms with Crippen molar-refractivity contribution < 1.29 is 0 Å². The minimum Gasteiger partial charge on any atom is -0.0941 e. The predicted molar refractivity (Wildman–Crippen MR) is 57.5 cm³/mol. The van der Waals surface area contributed by atoms with Gasteiger partial charge in [-0.1, -0.05) is 50.2 Å². The molecule has 0 saturated heterocycles. The van der Waals surface area contributed by atoms with Crippen molar-refractivity contribution in [3.8, 4) is 0 Å². The first-order valence-corrected chi connectivity index (χ1v) is 4.65. The molecule has 68 valence electrons. The highest BCUT2D eigenvalue weighted by Gasteiger charge is 2.06. The Labute approximate surface area is 84.6 Å². The van der Waals surface area contributed by atoms with Gasteiger partial charge in [0.05, 0.1) is 0 Å². The van der Waals surface area contributed by atoms with E-state index in [0.29, 0.717) is 16.0 Å². The van der Waals surface area contributed by atoms with Crippen LogP contribution in [-0.2, 0) is 0 Å². The highest BCUT2D eigenvalue weighted by atomic mass is 35.5. The molecule has 0 heterocycles. The smallest absolute Gasteiger partial charge is 0.0449 e. The summed E-state index contributed by atoms with van der Waals surface area (Å²) in [6.45, 7) is 11.6. The van der Waals surface area contributed by atoms with E-state index in [4.69, 9.17) is 23.2 Å². The second-order valence-electron chi connectivity index (χ2n) is 2.77. The molecular weight excluding hydrogens is 191 g/mol. The fraction of sp³-hybridized carbons (Fsp3) is 0.400. The predicted octanol–water partition coefficient (Wildman–Crippen LogP) is 4.46. The van der Waals surface area contributed by atoms with Gasteiger partial charge in [-0.25, -0.2) is 0 Å². The molecule has 0 aliphatic heterocycles. The van der Waals surface area contributed by atoms with Crippen LogP contribution in [0, 0.1) is 5.92 Å². The molecule has 0 aromatic heterocycles. The molecule has 0 aliphatic rings. The molecule has 0 aromatic carbocycles. The van der Waals surface area contributed by atoms with E-state index in [2.05, 4.69) is 27.0 Å². The Kier molecular flexibility index (Phi) is 5.36. The van der Waals surface area contributed by atoms with Gasteiger partial charge in [0.15, 0.2) is 0 Å². The number of hydrogen-bond donors (Lipinski definition) is 0. The summed E-state index contributed by atoms with van der Waals surface area (Å²) in [5, 5.41) is 1.04. The standard InChI is InChI=1S/C10H14Cl2/c1-5-7(2)9(4)10(12)6-8(3)11/h6-7H,3-5H2,1-2H3/b10-6+. The summed E-state index contributed by atoms with van der Waals surface area (Å²) in [5.74, 6) is 0.393. The van der Waals surface area contributed by atoms with Crippen LogP contribution in [0.5, 0.6) is 0 Å². The van der Waals surface area contributed by atoms with Crippen molar-refractivity contribution in [3.05, 3.63) is 34.9 Å². The molecule has 1 unspecified atom stereocenters. The van der Waals surface area contributed by atoms with Gasteiger partial charge in [-0.3, -0.25) is 0 Å². The average Bonchev–Trinajstić information content (AvgIpc) is 2.00. The molecular formula is C10H14Cl2. The van der Waals surface area contributed by atoms with Crippen molar-refractivity contribution in [3.63, 3.8) is 0 Å². The molecule has 0 bridgehead atoms. The van der Waals surface area contributed by atoms with Crippen LogP contribution in [0.4, 0.5) is 0 Å². The average molecular weight is 205 g/mol. The Morgan fingerprint density at radius 1 is 1.42 bits per heavy atom. The van der Waals surface area contributed by atoms with Gasteiger partial charge < -0.3 is 0 Å².